The number of amides is 1. The van der Waals surface area contributed by atoms with E-state index in [0.29, 0.717) is 12.3 Å². The quantitative estimate of drug-likeness (QED) is 0.875. The maximum atomic E-state index is 12.2. The molecule has 1 aliphatic carbocycles. The van der Waals surface area contributed by atoms with Crippen molar-refractivity contribution in [3.63, 3.8) is 0 Å². The maximum Gasteiger partial charge on any atom is 0.224 e. The summed E-state index contributed by atoms with van der Waals surface area (Å²) in [6.07, 6.45) is 5.97. The van der Waals surface area contributed by atoms with Gasteiger partial charge in [0.15, 0.2) is 0 Å². The van der Waals surface area contributed by atoms with Gasteiger partial charge in [0.25, 0.3) is 0 Å². The average Bonchev–Trinajstić information content (AvgIpc) is 2.43. The summed E-state index contributed by atoms with van der Waals surface area (Å²) in [5, 5.41) is 3.04. The molecule has 110 valence electrons. The number of aryl methyl sites for hydroxylation is 1. The molecule has 1 amide bonds. The van der Waals surface area contributed by atoms with Crippen molar-refractivity contribution in [2.24, 2.45) is 11.7 Å². The van der Waals surface area contributed by atoms with E-state index in [4.69, 9.17) is 5.73 Å². The summed E-state index contributed by atoms with van der Waals surface area (Å²) in [6.45, 7) is 2.09. The third kappa shape index (κ3) is 4.06. The Labute approximate surface area is 129 Å². The summed E-state index contributed by atoms with van der Waals surface area (Å²) in [4.78, 5) is 12.2. The van der Waals surface area contributed by atoms with Crippen molar-refractivity contribution in [1.29, 1.82) is 0 Å². The Balaban J connectivity index is 1.97. The number of benzene rings is 1. The first kappa shape index (κ1) is 15.5. The monoisotopic (exact) mass is 338 g/mol. The molecule has 1 aromatic carbocycles. The second-order valence-corrected chi connectivity index (χ2v) is 6.53. The Morgan fingerprint density at radius 3 is 2.85 bits per heavy atom. The summed E-state index contributed by atoms with van der Waals surface area (Å²) in [7, 11) is 0. The zero-order valence-corrected chi connectivity index (χ0v) is 13.6. The molecule has 0 saturated heterocycles. The highest BCUT2D eigenvalue weighted by Gasteiger charge is 2.24. The van der Waals surface area contributed by atoms with E-state index >= 15 is 0 Å². The van der Waals surface area contributed by atoms with Gasteiger partial charge in [-0.05, 0) is 48.9 Å². The highest BCUT2D eigenvalue weighted by atomic mass is 79.9. The smallest absolute Gasteiger partial charge is 0.224 e. The molecule has 3 N–H and O–H groups in total. The number of carbonyl (C=O) groups is 1. The fourth-order valence-electron chi connectivity index (χ4n) is 2.91. The van der Waals surface area contributed by atoms with Gasteiger partial charge in [-0.15, -0.1) is 0 Å². The molecule has 0 heterocycles. The SMILES string of the molecule is CCc1cc(Br)ccc1NC(=O)CC1CCCCC1N. The van der Waals surface area contributed by atoms with Gasteiger partial charge in [0, 0.05) is 22.6 Å². The standard InChI is InChI=1S/C16H23BrN2O/c1-2-11-9-13(17)7-8-15(11)19-16(20)10-12-5-3-4-6-14(12)18/h7-9,12,14H,2-6,10,18H2,1H3,(H,19,20). The van der Waals surface area contributed by atoms with Gasteiger partial charge in [-0.1, -0.05) is 35.7 Å². The predicted octanol–water partition coefficient (Wildman–Crippen LogP) is 3.86. The van der Waals surface area contributed by atoms with Crippen LogP contribution in [-0.4, -0.2) is 11.9 Å². The van der Waals surface area contributed by atoms with E-state index in [-0.39, 0.29) is 11.9 Å². The molecule has 0 bridgehead atoms. The molecule has 3 nitrogen and oxygen atoms in total. The average molecular weight is 339 g/mol. The summed E-state index contributed by atoms with van der Waals surface area (Å²) in [5.41, 5.74) is 8.19. The second-order valence-electron chi connectivity index (χ2n) is 5.62. The van der Waals surface area contributed by atoms with Crippen molar-refractivity contribution < 1.29 is 4.79 Å². The first-order valence-electron chi connectivity index (χ1n) is 7.44. The van der Waals surface area contributed by atoms with Crippen LogP contribution in [-0.2, 0) is 11.2 Å². The number of hydrogen-bond donors (Lipinski definition) is 2. The van der Waals surface area contributed by atoms with Crippen LogP contribution in [0.3, 0.4) is 0 Å². The summed E-state index contributed by atoms with van der Waals surface area (Å²) in [5.74, 6) is 0.425. The molecule has 1 aliphatic rings. The zero-order chi connectivity index (χ0) is 14.5. The summed E-state index contributed by atoms with van der Waals surface area (Å²) in [6, 6.07) is 6.16. The van der Waals surface area contributed by atoms with Gasteiger partial charge in [-0.25, -0.2) is 0 Å². The number of halogens is 1. The molecule has 1 aromatic rings. The summed E-state index contributed by atoms with van der Waals surface area (Å²) >= 11 is 3.46. The number of hydrogen-bond acceptors (Lipinski definition) is 2. The minimum Gasteiger partial charge on any atom is -0.327 e. The summed E-state index contributed by atoms with van der Waals surface area (Å²) < 4.78 is 1.04. The van der Waals surface area contributed by atoms with Gasteiger partial charge in [0.1, 0.15) is 0 Å². The van der Waals surface area contributed by atoms with Crippen LogP contribution >= 0.6 is 15.9 Å². The third-order valence-electron chi connectivity index (χ3n) is 4.14. The fraction of sp³-hybridized carbons (Fsp3) is 0.562. The molecular weight excluding hydrogens is 316 g/mol. The minimum absolute atomic E-state index is 0.0874. The molecule has 0 spiro atoms. The molecule has 0 aromatic heterocycles. The van der Waals surface area contributed by atoms with Crippen LogP contribution in [0.25, 0.3) is 0 Å². The highest BCUT2D eigenvalue weighted by Crippen LogP contribution is 2.27. The van der Waals surface area contributed by atoms with Crippen molar-refractivity contribution in [3.8, 4) is 0 Å². The van der Waals surface area contributed by atoms with Crippen LogP contribution in [0.1, 0.15) is 44.6 Å². The van der Waals surface area contributed by atoms with Gasteiger partial charge in [-0.3, -0.25) is 4.79 Å². The molecule has 2 atom stereocenters. The van der Waals surface area contributed by atoms with E-state index in [9.17, 15) is 4.79 Å². The zero-order valence-electron chi connectivity index (χ0n) is 12.0. The molecular formula is C16H23BrN2O. The van der Waals surface area contributed by atoms with Crippen LogP contribution in [0.2, 0.25) is 0 Å². The van der Waals surface area contributed by atoms with Gasteiger partial charge in [-0.2, -0.15) is 0 Å². The van der Waals surface area contributed by atoms with Crippen molar-refractivity contribution in [2.75, 3.05) is 5.32 Å². The van der Waals surface area contributed by atoms with Gasteiger partial charge in [0.2, 0.25) is 5.91 Å². The second kappa shape index (κ2) is 7.23. The van der Waals surface area contributed by atoms with Crippen LogP contribution < -0.4 is 11.1 Å². The first-order valence-corrected chi connectivity index (χ1v) is 8.23. The predicted molar refractivity (Wildman–Crippen MR) is 86.7 cm³/mol. The first-order chi connectivity index (χ1) is 9.60. The van der Waals surface area contributed by atoms with E-state index in [1.54, 1.807) is 0 Å². The minimum atomic E-state index is 0.0874. The molecule has 0 aliphatic heterocycles. The Morgan fingerprint density at radius 1 is 1.40 bits per heavy atom. The normalized spacial score (nSPS) is 22.6. The lowest BCUT2D eigenvalue weighted by Gasteiger charge is -2.28. The number of nitrogens with two attached hydrogens (primary N) is 1. The lowest BCUT2D eigenvalue weighted by molar-refractivity contribution is -0.117. The van der Waals surface area contributed by atoms with Crippen molar-refractivity contribution >= 4 is 27.5 Å². The van der Waals surface area contributed by atoms with Crippen LogP contribution in [0.15, 0.2) is 22.7 Å². The number of anilines is 1. The van der Waals surface area contributed by atoms with E-state index in [1.807, 2.05) is 12.1 Å². The Bertz CT molecular complexity index is 476. The lowest BCUT2D eigenvalue weighted by Crippen LogP contribution is -2.35. The van der Waals surface area contributed by atoms with Crippen LogP contribution in [0.4, 0.5) is 5.69 Å². The van der Waals surface area contributed by atoms with Gasteiger partial charge in [0.05, 0.1) is 0 Å². The van der Waals surface area contributed by atoms with Crippen molar-refractivity contribution in [3.05, 3.63) is 28.2 Å². The molecule has 0 radical (unpaired) electrons. The maximum absolute atomic E-state index is 12.2. The van der Waals surface area contributed by atoms with Crippen LogP contribution in [0, 0.1) is 5.92 Å². The van der Waals surface area contributed by atoms with Gasteiger partial charge >= 0.3 is 0 Å². The Hall–Kier alpha value is -0.870. The number of carbonyl (C=O) groups excluding carboxylic acids is 1. The molecule has 1 saturated carbocycles. The van der Waals surface area contributed by atoms with Crippen molar-refractivity contribution in [2.45, 2.75) is 51.5 Å². The van der Waals surface area contributed by atoms with Crippen LogP contribution in [0.5, 0.6) is 0 Å². The van der Waals surface area contributed by atoms with E-state index < -0.39 is 0 Å². The Morgan fingerprint density at radius 2 is 2.15 bits per heavy atom. The molecule has 2 unspecified atom stereocenters. The Kier molecular flexibility index (Phi) is 5.61. The molecule has 1 fully saturated rings. The highest BCUT2D eigenvalue weighted by molar-refractivity contribution is 9.10. The van der Waals surface area contributed by atoms with E-state index in [2.05, 4.69) is 34.2 Å². The van der Waals surface area contributed by atoms with Crippen molar-refractivity contribution in [1.82, 2.24) is 0 Å². The van der Waals surface area contributed by atoms with E-state index in [1.165, 1.54) is 12.8 Å². The largest absolute Gasteiger partial charge is 0.327 e. The lowest BCUT2D eigenvalue weighted by atomic mass is 9.83. The topological polar surface area (TPSA) is 55.1 Å². The van der Waals surface area contributed by atoms with E-state index in [0.717, 1.165) is 35.0 Å². The number of rotatable bonds is 4. The number of nitrogens with one attached hydrogen (secondary N) is 1. The third-order valence-corrected chi connectivity index (χ3v) is 4.63. The molecule has 4 heteroatoms. The molecule has 20 heavy (non-hydrogen) atoms. The molecule has 2 rings (SSSR count). The van der Waals surface area contributed by atoms with Gasteiger partial charge < -0.3 is 11.1 Å². The fourth-order valence-corrected chi connectivity index (χ4v) is 3.31.